The minimum Gasteiger partial charge on any atom is -0.496 e. The van der Waals surface area contributed by atoms with E-state index in [0.29, 0.717) is 0 Å². The monoisotopic (exact) mass is 241 g/mol. The highest BCUT2D eigenvalue weighted by atomic mass is 32.2. The Balaban J connectivity index is 3.05. The van der Waals surface area contributed by atoms with Gasteiger partial charge >= 0.3 is 0 Å². The summed E-state index contributed by atoms with van der Waals surface area (Å²) in [6.45, 7) is 6.06. The first-order valence-electron chi connectivity index (χ1n) is 5.20. The molecule has 0 fully saturated rings. The van der Waals surface area contributed by atoms with Gasteiger partial charge in [0.2, 0.25) is 0 Å². The first-order chi connectivity index (χ1) is 7.45. The van der Waals surface area contributed by atoms with Crippen molar-refractivity contribution in [1.82, 2.24) is 4.72 Å². The van der Waals surface area contributed by atoms with Gasteiger partial charge in [0.1, 0.15) is 5.75 Å². The molecule has 1 aromatic rings. The van der Waals surface area contributed by atoms with Gasteiger partial charge in [-0.15, -0.1) is 0 Å². The summed E-state index contributed by atoms with van der Waals surface area (Å²) < 4.78 is 19.4. The largest absolute Gasteiger partial charge is 0.496 e. The number of aryl methyl sites for hydroxylation is 2. The molecular weight excluding hydrogens is 222 g/mol. The van der Waals surface area contributed by atoms with Crippen LogP contribution in [0.2, 0.25) is 0 Å². The molecule has 0 radical (unpaired) electrons. The molecule has 0 aromatic heterocycles. The van der Waals surface area contributed by atoms with Gasteiger partial charge in [0.05, 0.1) is 18.1 Å². The summed E-state index contributed by atoms with van der Waals surface area (Å²) in [7, 11) is 0.671. The third-order valence-corrected chi connectivity index (χ3v) is 3.28. The second-order valence-corrected chi connectivity index (χ2v) is 5.12. The van der Waals surface area contributed by atoms with E-state index < -0.39 is 11.0 Å². The Bertz CT molecular complexity index is 404. The van der Waals surface area contributed by atoms with Gasteiger partial charge in [-0.25, -0.2) is 8.93 Å². The van der Waals surface area contributed by atoms with Crippen molar-refractivity contribution in [2.75, 3.05) is 13.4 Å². The van der Waals surface area contributed by atoms with Crippen LogP contribution >= 0.6 is 0 Å². The maximum atomic E-state index is 11.1. The Morgan fingerprint density at radius 1 is 1.31 bits per heavy atom. The highest BCUT2D eigenvalue weighted by Crippen LogP contribution is 2.26. The maximum Gasteiger partial charge on any atom is 0.122 e. The molecule has 1 N–H and O–H groups in total. The molecule has 4 heteroatoms. The summed E-state index contributed by atoms with van der Waals surface area (Å²) in [5.74, 6) is 0.895. The molecule has 0 heterocycles. The van der Waals surface area contributed by atoms with E-state index in [9.17, 15) is 4.21 Å². The van der Waals surface area contributed by atoms with Gasteiger partial charge in [-0.05, 0) is 43.5 Å². The van der Waals surface area contributed by atoms with Gasteiger partial charge in [0.25, 0.3) is 0 Å². The molecule has 0 bridgehead atoms. The van der Waals surface area contributed by atoms with E-state index in [-0.39, 0.29) is 6.04 Å². The van der Waals surface area contributed by atoms with E-state index in [2.05, 4.69) is 10.8 Å². The fourth-order valence-corrected chi connectivity index (χ4v) is 2.44. The molecule has 0 aliphatic heterocycles. The topological polar surface area (TPSA) is 38.3 Å². The van der Waals surface area contributed by atoms with Crippen molar-refractivity contribution >= 4 is 11.0 Å². The number of nitrogens with one attached hydrogen (secondary N) is 1. The molecule has 0 amide bonds. The minimum atomic E-state index is -0.999. The van der Waals surface area contributed by atoms with E-state index in [0.717, 1.165) is 22.4 Å². The molecule has 16 heavy (non-hydrogen) atoms. The van der Waals surface area contributed by atoms with E-state index in [1.807, 2.05) is 26.8 Å². The lowest BCUT2D eigenvalue weighted by Crippen LogP contribution is -2.20. The third kappa shape index (κ3) is 3.06. The maximum absolute atomic E-state index is 11.1. The quantitative estimate of drug-likeness (QED) is 0.878. The van der Waals surface area contributed by atoms with Crippen LogP contribution in [0.1, 0.15) is 29.7 Å². The predicted octanol–water partition coefficient (Wildman–Crippen LogP) is 2.26. The van der Waals surface area contributed by atoms with Crippen LogP contribution in [0, 0.1) is 13.8 Å². The molecule has 90 valence electrons. The molecule has 0 aliphatic carbocycles. The standard InChI is InChI=1S/C12H19NO2S/c1-8-7-12(15-4)9(2)6-11(8)10(3)13-16(5)14/h6-7,10,13H,1-5H3/t10-,16-/m0/s1. The second-order valence-electron chi connectivity index (χ2n) is 3.97. The normalized spacial score (nSPS) is 14.6. The Hall–Kier alpha value is -0.870. The van der Waals surface area contributed by atoms with E-state index >= 15 is 0 Å². The summed E-state index contributed by atoms with van der Waals surface area (Å²) in [6, 6.07) is 4.18. The van der Waals surface area contributed by atoms with Crippen LogP contribution in [0.4, 0.5) is 0 Å². The number of rotatable bonds is 4. The van der Waals surface area contributed by atoms with Crippen LogP contribution in [0.15, 0.2) is 12.1 Å². The highest BCUT2D eigenvalue weighted by molar-refractivity contribution is 7.82. The second kappa shape index (κ2) is 5.46. The Labute approximate surface area is 99.8 Å². The van der Waals surface area contributed by atoms with Crippen LogP contribution in [0.25, 0.3) is 0 Å². The lowest BCUT2D eigenvalue weighted by Gasteiger charge is -2.17. The Kier molecular flexibility index (Phi) is 4.50. The zero-order chi connectivity index (χ0) is 12.3. The van der Waals surface area contributed by atoms with Gasteiger partial charge in [0.15, 0.2) is 0 Å². The molecule has 0 saturated carbocycles. The Morgan fingerprint density at radius 2 is 1.94 bits per heavy atom. The van der Waals surface area contributed by atoms with Crippen molar-refractivity contribution in [3.8, 4) is 5.75 Å². The predicted molar refractivity (Wildman–Crippen MR) is 68.1 cm³/mol. The van der Waals surface area contributed by atoms with Crippen molar-refractivity contribution in [1.29, 1.82) is 0 Å². The van der Waals surface area contributed by atoms with E-state index in [4.69, 9.17) is 4.74 Å². The summed E-state index contributed by atoms with van der Waals surface area (Å²) >= 11 is 0. The van der Waals surface area contributed by atoms with Gasteiger partial charge in [-0.3, -0.25) is 0 Å². The summed E-state index contributed by atoms with van der Waals surface area (Å²) in [6.07, 6.45) is 1.64. The van der Waals surface area contributed by atoms with Gasteiger partial charge in [-0.2, -0.15) is 0 Å². The summed E-state index contributed by atoms with van der Waals surface area (Å²) in [4.78, 5) is 0. The number of hydrogen-bond acceptors (Lipinski definition) is 2. The Morgan fingerprint density at radius 3 is 2.44 bits per heavy atom. The van der Waals surface area contributed by atoms with Crippen molar-refractivity contribution in [3.63, 3.8) is 0 Å². The molecule has 0 aliphatic rings. The van der Waals surface area contributed by atoms with Crippen molar-refractivity contribution in [2.45, 2.75) is 26.8 Å². The summed E-state index contributed by atoms with van der Waals surface area (Å²) in [5.41, 5.74) is 3.40. The molecule has 3 nitrogen and oxygen atoms in total. The van der Waals surface area contributed by atoms with Crippen molar-refractivity contribution < 1.29 is 8.95 Å². The number of methoxy groups -OCH3 is 1. The molecule has 0 unspecified atom stereocenters. The van der Waals surface area contributed by atoms with Gasteiger partial charge in [0, 0.05) is 12.3 Å². The van der Waals surface area contributed by atoms with Crippen LogP contribution in [-0.2, 0) is 11.0 Å². The fraction of sp³-hybridized carbons (Fsp3) is 0.500. The molecule has 0 saturated heterocycles. The van der Waals surface area contributed by atoms with Crippen LogP contribution in [0.5, 0.6) is 5.75 Å². The van der Waals surface area contributed by atoms with Crippen LogP contribution in [-0.4, -0.2) is 17.6 Å². The lowest BCUT2D eigenvalue weighted by atomic mass is 10.00. The zero-order valence-corrected chi connectivity index (χ0v) is 11.3. The molecular formula is C12H19NO2S. The number of hydrogen-bond donors (Lipinski definition) is 1. The van der Waals surface area contributed by atoms with Crippen molar-refractivity contribution in [2.24, 2.45) is 0 Å². The third-order valence-electron chi connectivity index (χ3n) is 2.59. The zero-order valence-electron chi connectivity index (χ0n) is 10.5. The summed E-state index contributed by atoms with van der Waals surface area (Å²) in [5, 5.41) is 0. The SMILES string of the molecule is COc1cc(C)c([C@H](C)N[S@](C)=O)cc1C. The lowest BCUT2D eigenvalue weighted by molar-refractivity contribution is 0.411. The first-order valence-corrected chi connectivity index (χ1v) is 6.76. The van der Waals surface area contributed by atoms with Crippen molar-refractivity contribution in [3.05, 3.63) is 28.8 Å². The number of benzene rings is 1. The molecule has 1 rings (SSSR count). The average Bonchev–Trinajstić information content (AvgIpc) is 2.19. The minimum absolute atomic E-state index is 0.0791. The average molecular weight is 241 g/mol. The van der Waals surface area contributed by atoms with E-state index in [1.54, 1.807) is 13.4 Å². The smallest absolute Gasteiger partial charge is 0.122 e. The molecule has 1 aromatic carbocycles. The van der Waals surface area contributed by atoms with Gasteiger partial charge in [-0.1, -0.05) is 6.07 Å². The molecule has 2 atom stereocenters. The van der Waals surface area contributed by atoms with Crippen LogP contribution < -0.4 is 9.46 Å². The van der Waals surface area contributed by atoms with E-state index in [1.165, 1.54) is 0 Å². The first kappa shape index (κ1) is 13.2. The van der Waals surface area contributed by atoms with Gasteiger partial charge < -0.3 is 4.74 Å². The highest BCUT2D eigenvalue weighted by Gasteiger charge is 2.11. The fourth-order valence-electron chi connectivity index (χ4n) is 1.81. The number of ether oxygens (including phenoxy) is 1. The van der Waals surface area contributed by atoms with Crippen LogP contribution in [0.3, 0.4) is 0 Å². The molecule has 0 spiro atoms.